The Bertz CT molecular complexity index is 1200. The average molecular weight is 501 g/mol. The Balaban J connectivity index is 1.44. The summed E-state index contributed by atoms with van der Waals surface area (Å²) in [5, 5.41) is 2.62. The number of ether oxygens (including phenoxy) is 1. The number of anilines is 1. The fourth-order valence-corrected chi connectivity index (χ4v) is 4.43. The molecule has 0 spiro atoms. The van der Waals surface area contributed by atoms with Crippen LogP contribution in [-0.2, 0) is 0 Å². The molecular weight excluding hydrogens is 474 g/mol. The molecular formula is C26H27ClF2N4O2. The number of hydrogen-bond acceptors (Lipinski definition) is 5. The van der Waals surface area contributed by atoms with Crippen molar-refractivity contribution in [2.24, 2.45) is 0 Å². The fraction of sp³-hybridized carbons (Fsp3) is 0.308. The summed E-state index contributed by atoms with van der Waals surface area (Å²) in [6.45, 7) is 5.20. The zero-order valence-corrected chi connectivity index (χ0v) is 20.1. The van der Waals surface area contributed by atoms with Gasteiger partial charge in [0.15, 0.2) is 11.6 Å². The number of amides is 1. The lowest BCUT2D eigenvalue weighted by molar-refractivity contribution is 0.0949. The Kier molecular flexibility index (Phi) is 7.83. The highest BCUT2D eigenvalue weighted by Crippen LogP contribution is 2.34. The highest BCUT2D eigenvalue weighted by Gasteiger charge is 2.21. The van der Waals surface area contributed by atoms with Crippen LogP contribution < -0.4 is 15.8 Å². The lowest BCUT2D eigenvalue weighted by atomic mass is 10.0. The van der Waals surface area contributed by atoms with Crippen molar-refractivity contribution in [1.29, 1.82) is 0 Å². The number of nitrogens with one attached hydrogen (secondary N) is 1. The third-order valence-corrected chi connectivity index (χ3v) is 6.45. The van der Waals surface area contributed by atoms with Gasteiger partial charge in [0.05, 0.1) is 5.02 Å². The first-order chi connectivity index (χ1) is 16.8. The minimum absolute atomic E-state index is 0.0996. The Morgan fingerprint density at radius 1 is 1.14 bits per heavy atom. The van der Waals surface area contributed by atoms with Crippen LogP contribution in [0.2, 0.25) is 5.02 Å². The highest BCUT2D eigenvalue weighted by atomic mass is 35.5. The number of pyridine rings is 1. The van der Waals surface area contributed by atoms with Crippen LogP contribution in [0.15, 0.2) is 48.7 Å². The minimum atomic E-state index is -0.913. The number of nitrogens with two attached hydrogens (primary N) is 1. The number of likely N-dealkylation sites (tertiary alicyclic amines) is 1. The summed E-state index contributed by atoms with van der Waals surface area (Å²) >= 11 is 5.95. The predicted molar refractivity (Wildman–Crippen MR) is 133 cm³/mol. The van der Waals surface area contributed by atoms with Gasteiger partial charge in [-0.05, 0) is 68.8 Å². The van der Waals surface area contributed by atoms with Crippen molar-refractivity contribution in [3.8, 4) is 16.9 Å². The summed E-state index contributed by atoms with van der Waals surface area (Å²) in [6.07, 6.45) is 3.10. The van der Waals surface area contributed by atoms with E-state index in [0.29, 0.717) is 17.7 Å². The van der Waals surface area contributed by atoms with E-state index in [4.69, 9.17) is 22.1 Å². The van der Waals surface area contributed by atoms with Crippen molar-refractivity contribution < 1.29 is 18.3 Å². The Hall–Kier alpha value is -3.23. The van der Waals surface area contributed by atoms with Crippen LogP contribution in [0, 0.1) is 11.6 Å². The number of rotatable bonds is 8. The molecule has 1 unspecified atom stereocenters. The summed E-state index contributed by atoms with van der Waals surface area (Å²) < 4.78 is 33.9. The molecule has 1 aliphatic heterocycles. The van der Waals surface area contributed by atoms with Gasteiger partial charge in [-0.1, -0.05) is 23.7 Å². The van der Waals surface area contributed by atoms with Crippen molar-refractivity contribution in [2.75, 3.05) is 31.9 Å². The van der Waals surface area contributed by atoms with E-state index >= 15 is 0 Å². The van der Waals surface area contributed by atoms with Gasteiger partial charge in [0, 0.05) is 36.0 Å². The van der Waals surface area contributed by atoms with Crippen LogP contribution in [0.1, 0.15) is 41.8 Å². The van der Waals surface area contributed by atoms with Gasteiger partial charge in [-0.25, -0.2) is 13.8 Å². The maximum Gasteiger partial charge on any atom is 0.251 e. The third kappa shape index (κ3) is 5.89. The van der Waals surface area contributed by atoms with Gasteiger partial charge < -0.3 is 20.7 Å². The first kappa shape index (κ1) is 24.9. The van der Waals surface area contributed by atoms with Crippen LogP contribution in [0.25, 0.3) is 11.1 Å². The second-order valence-electron chi connectivity index (χ2n) is 8.51. The van der Waals surface area contributed by atoms with Crippen LogP contribution in [0.5, 0.6) is 5.75 Å². The van der Waals surface area contributed by atoms with Crippen molar-refractivity contribution in [3.05, 3.63) is 76.4 Å². The summed E-state index contributed by atoms with van der Waals surface area (Å²) in [4.78, 5) is 19.0. The highest BCUT2D eigenvalue weighted by molar-refractivity contribution is 6.31. The van der Waals surface area contributed by atoms with E-state index in [1.807, 2.05) is 0 Å². The lowest BCUT2D eigenvalue weighted by Crippen LogP contribution is -2.33. The molecule has 2 aromatic carbocycles. The quantitative estimate of drug-likeness (QED) is 0.414. The summed E-state index contributed by atoms with van der Waals surface area (Å²) in [6, 6.07) is 10.7. The van der Waals surface area contributed by atoms with E-state index in [1.54, 1.807) is 43.5 Å². The van der Waals surface area contributed by atoms with Gasteiger partial charge in [-0.3, -0.25) is 4.79 Å². The van der Waals surface area contributed by atoms with E-state index < -0.39 is 17.7 Å². The topological polar surface area (TPSA) is 80.5 Å². The molecule has 3 N–H and O–H groups in total. The molecule has 3 aromatic rings. The number of nitrogen functional groups attached to an aromatic ring is 1. The van der Waals surface area contributed by atoms with Crippen LogP contribution in [-0.4, -0.2) is 42.0 Å². The van der Waals surface area contributed by atoms with Gasteiger partial charge >= 0.3 is 0 Å². The second-order valence-corrected chi connectivity index (χ2v) is 8.88. The average Bonchev–Trinajstić information content (AvgIpc) is 3.37. The molecule has 1 amide bonds. The molecule has 6 nitrogen and oxygen atoms in total. The molecule has 184 valence electrons. The summed E-state index contributed by atoms with van der Waals surface area (Å²) in [5.74, 6) is -1.24. The number of nitrogens with zero attached hydrogens (tertiary/aromatic N) is 2. The van der Waals surface area contributed by atoms with Gasteiger partial charge in [0.2, 0.25) is 0 Å². The monoisotopic (exact) mass is 500 g/mol. The van der Waals surface area contributed by atoms with Crippen LogP contribution in [0.3, 0.4) is 0 Å². The zero-order chi connectivity index (χ0) is 24.9. The second kappa shape index (κ2) is 11.0. The number of benzene rings is 2. The number of carbonyl (C=O) groups is 1. The molecule has 0 bridgehead atoms. The lowest BCUT2D eigenvalue weighted by Gasteiger charge is -2.19. The fourth-order valence-electron chi connectivity index (χ4n) is 4.12. The molecule has 35 heavy (non-hydrogen) atoms. The third-order valence-electron chi connectivity index (χ3n) is 6.06. The Morgan fingerprint density at radius 2 is 1.83 bits per heavy atom. The van der Waals surface area contributed by atoms with Crippen LogP contribution in [0.4, 0.5) is 14.6 Å². The number of aromatic nitrogens is 1. The Morgan fingerprint density at radius 3 is 2.54 bits per heavy atom. The molecule has 1 aliphatic rings. The largest absolute Gasteiger partial charge is 0.482 e. The van der Waals surface area contributed by atoms with Gasteiger partial charge in [-0.2, -0.15) is 0 Å². The van der Waals surface area contributed by atoms with Crippen molar-refractivity contribution in [1.82, 2.24) is 15.2 Å². The number of hydrogen-bond donors (Lipinski definition) is 2. The molecule has 1 atom stereocenters. The minimum Gasteiger partial charge on any atom is -0.482 e. The standard InChI is InChI=1S/C26H27ClF2N4O2/c1-16(23-20(28)8-9-21(29)24(23)27)35-22-14-19(15-32-25(22)30)17-4-6-18(7-5-17)26(34)31-10-13-33-11-2-3-12-33/h4-9,14-16H,2-3,10-13H2,1H3,(H2,30,32)(H,31,34). The smallest absolute Gasteiger partial charge is 0.251 e. The normalized spacial score (nSPS) is 14.6. The first-order valence-electron chi connectivity index (χ1n) is 11.5. The number of halogens is 3. The van der Waals surface area contributed by atoms with Crippen molar-refractivity contribution in [2.45, 2.75) is 25.9 Å². The van der Waals surface area contributed by atoms with E-state index in [1.165, 1.54) is 12.8 Å². The molecule has 0 aliphatic carbocycles. The van der Waals surface area contributed by atoms with Crippen molar-refractivity contribution >= 4 is 23.3 Å². The molecule has 4 rings (SSSR count). The molecule has 1 aromatic heterocycles. The van der Waals surface area contributed by atoms with E-state index in [2.05, 4.69) is 15.2 Å². The molecule has 2 heterocycles. The molecule has 1 fully saturated rings. The molecule has 1 saturated heterocycles. The van der Waals surface area contributed by atoms with E-state index in [-0.39, 0.29) is 28.1 Å². The summed E-state index contributed by atoms with van der Waals surface area (Å²) in [7, 11) is 0. The predicted octanol–water partition coefficient (Wildman–Crippen LogP) is 5.23. The molecule has 9 heteroatoms. The van der Waals surface area contributed by atoms with E-state index in [9.17, 15) is 13.6 Å². The summed E-state index contributed by atoms with van der Waals surface area (Å²) in [5.41, 5.74) is 7.90. The van der Waals surface area contributed by atoms with Crippen LogP contribution >= 0.6 is 11.6 Å². The first-order valence-corrected chi connectivity index (χ1v) is 11.9. The van der Waals surface area contributed by atoms with Gasteiger partial charge in [0.1, 0.15) is 17.7 Å². The van der Waals surface area contributed by atoms with Gasteiger partial charge in [-0.15, -0.1) is 0 Å². The zero-order valence-electron chi connectivity index (χ0n) is 19.4. The maximum atomic E-state index is 14.3. The van der Waals surface area contributed by atoms with Gasteiger partial charge in [0.25, 0.3) is 5.91 Å². The van der Waals surface area contributed by atoms with E-state index in [0.717, 1.165) is 37.3 Å². The Labute approximate surface area is 208 Å². The molecule has 0 saturated carbocycles. The number of carbonyl (C=O) groups excluding carboxylic acids is 1. The van der Waals surface area contributed by atoms with Crippen molar-refractivity contribution in [3.63, 3.8) is 0 Å². The molecule has 0 radical (unpaired) electrons. The maximum absolute atomic E-state index is 14.3. The SMILES string of the molecule is CC(Oc1cc(-c2ccc(C(=O)NCCN3CCCC3)cc2)cnc1N)c1c(F)ccc(F)c1Cl.